The topological polar surface area (TPSA) is 12.0 Å². The number of hydrogen-bond donors (Lipinski definition) is 1. The fraction of sp³-hybridized carbons (Fsp3) is 0.467. The molecule has 0 spiro atoms. The van der Waals surface area contributed by atoms with E-state index in [2.05, 4.69) is 27.3 Å². The van der Waals surface area contributed by atoms with Crippen LogP contribution in [0.15, 0.2) is 34.3 Å². The van der Waals surface area contributed by atoms with Gasteiger partial charge in [-0.15, -0.1) is 0 Å². The van der Waals surface area contributed by atoms with E-state index < -0.39 is 0 Å². The van der Waals surface area contributed by atoms with Crippen LogP contribution in [0.2, 0.25) is 5.02 Å². The summed E-state index contributed by atoms with van der Waals surface area (Å²) >= 11 is 9.54. The zero-order valence-electron chi connectivity index (χ0n) is 10.5. The van der Waals surface area contributed by atoms with Crippen LogP contribution in [0.3, 0.4) is 0 Å². The Morgan fingerprint density at radius 2 is 2.17 bits per heavy atom. The number of allylic oxidation sites excluding steroid dienone is 1. The second kappa shape index (κ2) is 7.32. The Labute approximate surface area is 123 Å². The predicted octanol–water partition coefficient (Wildman–Crippen LogP) is 5.08. The molecule has 1 aromatic carbocycles. The lowest BCUT2D eigenvalue weighted by Gasteiger charge is -2.13. The van der Waals surface area contributed by atoms with Crippen molar-refractivity contribution in [3.8, 4) is 0 Å². The molecule has 0 heterocycles. The van der Waals surface area contributed by atoms with E-state index >= 15 is 0 Å². The quantitative estimate of drug-likeness (QED) is 0.587. The second-order valence-electron chi connectivity index (χ2n) is 4.77. The van der Waals surface area contributed by atoms with Gasteiger partial charge in [-0.05, 0) is 62.4 Å². The Hall–Kier alpha value is -0.310. The number of rotatable bonds is 5. The van der Waals surface area contributed by atoms with E-state index in [0.717, 1.165) is 22.6 Å². The molecule has 0 amide bonds. The minimum absolute atomic E-state index is 0.796. The molecular formula is C15H19BrClN. The maximum Gasteiger partial charge on any atom is 0.0410 e. The van der Waals surface area contributed by atoms with Crippen LogP contribution in [-0.2, 0) is 6.54 Å². The molecule has 1 N–H and O–H groups in total. The van der Waals surface area contributed by atoms with Crippen molar-refractivity contribution >= 4 is 27.5 Å². The minimum Gasteiger partial charge on any atom is -0.312 e. The molecular weight excluding hydrogens is 310 g/mol. The van der Waals surface area contributed by atoms with Crippen molar-refractivity contribution in [3.05, 3.63) is 44.9 Å². The van der Waals surface area contributed by atoms with E-state index in [9.17, 15) is 0 Å². The monoisotopic (exact) mass is 327 g/mol. The van der Waals surface area contributed by atoms with Crippen molar-refractivity contribution < 1.29 is 0 Å². The Morgan fingerprint density at radius 1 is 1.28 bits per heavy atom. The lowest BCUT2D eigenvalue weighted by Crippen LogP contribution is -2.16. The SMILES string of the molecule is Clc1ccc(Br)c(CNCCC2=CCCCC2)c1. The van der Waals surface area contributed by atoms with Gasteiger partial charge in [0.2, 0.25) is 0 Å². The highest BCUT2D eigenvalue weighted by Gasteiger charge is 2.04. The molecule has 1 aromatic rings. The smallest absolute Gasteiger partial charge is 0.0410 e. The Kier molecular flexibility index (Phi) is 5.74. The van der Waals surface area contributed by atoms with E-state index in [1.54, 1.807) is 5.57 Å². The first-order valence-corrected chi connectivity index (χ1v) is 7.75. The first-order chi connectivity index (χ1) is 8.75. The van der Waals surface area contributed by atoms with E-state index in [0.29, 0.717) is 0 Å². The number of hydrogen-bond acceptors (Lipinski definition) is 1. The molecule has 0 radical (unpaired) electrons. The molecule has 0 bridgehead atoms. The van der Waals surface area contributed by atoms with Gasteiger partial charge in [0.25, 0.3) is 0 Å². The molecule has 0 atom stereocenters. The minimum atomic E-state index is 0.796. The van der Waals surface area contributed by atoms with E-state index in [1.807, 2.05) is 18.2 Å². The highest BCUT2D eigenvalue weighted by Crippen LogP contribution is 2.22. The summed E-state index contributed by atoms with van der Waals surface area (Å²) in [4.78, 5) is 0. The highest BCUT2D eigenvalue weighted by molar-refractivity contribution is 9.10. The van der Waals surface area contributed by atoms with Gasteiger partial charge in [-0.3, -0.25) is 0 Å². The zero-order chi connectivity index (χ0) is 12.8. The summed E-state index contributed by atoms with van der Waals surface area (Å²) < 4.78 is 1.12. The van der Waals surface area contributed by atoms with Crippen LogP contribution in [0.5, 0.6) is 0 Å². The summed E-state index contributed by atoms with van der Waals surface area (Å²) in [5.74, 6) is 0. The van der Waals surface area contributed by atoms with Gasteiger partial charge in [-0.25, -0.2) is 0 Å². The molecule has 0 fully saturated rings. The fourth-order valence-electron chi connectivity index (χ4n) is 2.28. The second-order valence-corrected chi connectivity index (χ2v) is 6.06. The van der Waals surface area contributed by atoms with Crippen LogP contribution < -0.4 is 5.32 Å². The molecule has 98 valence electrons. The number of nitrogens with one attached hydrogen (secondary N) is 1. The zero-order valence-corrected chi connectivity index (χ0v) is 12.9. The van der Waals surface area contributed by atoms with Crippen molar-refractivity contribution in [2.45, 2.75) is 38.6 Å². The van der Waals surface area contributed by atoms with E-state index in [-0.39, 0.29) is 0 Å². The molecule has 1 aliphatic rings. The van der Waals surface area contributed by atoms with Gasteiger partial charge in [0.05, 0.1) is 0 Å². The third-order valence-electron chi connectivity index (χ3n) is 3.33. The number of benzene rings is 1. The first kappa shape index (κ1) is 14.1. The van der Waals surface area contributed by atoms with Crippen molar-refractivity contribution in [1.29, 1.82) is 0 Å². The standard InChI is InChI=1S/C15H19BrClN/c16-15-7-6-14(17)10-13(15)11-18-9-8-12-4-2-1-3-5-12/h4,6-7,10,18H,1-3,5,8-9,11H2. The maximum absolute atomic E-state index is 5.99. The van der Waals surface area contributed by atoms with Gasteiger partial charge in [0, 0.05) is 16.0 Å². The summed E-state index contributed by atoms with van der Waals surface area (Å²) in [5.41, 5.74) is 2.85. The van der Waals surface area contributed by atoms with Gasteiger partial charge in [0.1, 0.15) is 0 Å². The van der Waals surface area contributed by atoms with E-state index in [4.69, 9.17) is 11.6 Å². The molecule has 1 nitrogen and oxygen atoms in total. The summed E-state index contributed by atoms with van der Waals surface area (Å²) in [7, 11) is 0. The summed E-state index contributed by atoms with van der Waals surface area (Å²) in [5, 5.41) is 4.28. The molecule has 0 aromatic heterocycles. The van der Waals surface area contributed by atoms with Crippen LogP contribution in [0.25, 0.3) is 0 Å². The van der Waals surface area contributed by atoms with Gasteiger partial charge in [-0.2, -0.15) is 0 Å². The van der Waals surface area contributed by atoms with E-state index in [1.165, 1.54) is 37.7 Å². The number of halogens is 2. The average Bonchev–Trinajstić information content (AvgIpc) is 2.40. The van der Waals surface area contributed by atoms with Crippen LogP contribution in [0.4, 0.5) is 0 Å². The largest absolute Gasteiger partial charge is 0.312 e. The van der Waals surface area contributed by atoms with Crippen LogP contribution in [-0.4, -0.2) is 6.54 Å². The van der Waals surface area contributed by atoms with Gasteiger partial charge in [-0.1, -0.05) is 39.2 Å². The maximum atomic E-state index is 5.99. The molecule has 18 heavy (non-hydrogen) atoms. The third kappa shape index (κ3) is 4.42. The van der Waals surface area contributed by atoms with Crippen molar-refractivity contribution in [1.82, 2.24) is 5.32 Å². The molecule has 3 heteroatoms. The lowest BCUT2D eigenvalue weighted by molar-refractivity contribution is 0.632. The predicted molar refractivity (Wildman–Crippen MR) is 82.0 cm³/mol. The van der Waals surface area contributed by atoms with Gasteiger partial charge < -0.3 is 5.32 Å². The molecule has 0 unspecified atom stereocenters. The fourth-order valence-corrected chi connectivity index (χ4v) is 2.86. The first-order valence-electron chi connectivity index (χ1n) is 6.58. The Bertz CT molecular complexity index is 429. The molecule has 1 aliphatic carbocycles. The summed E-state index contributed by atoms with van der Waals surface area (Å²) in [6.07, 6.45) is 8.90. The Morgan fingerprint density at radius 3 is 2.94 bits per heavy atom. The summed E-state index contributed by atoms with van der Waals surface area (Å²) in [6, 6.07) is 5.92. The van der Waals surface area contributed by atoms with Crippen LogP contribution in [0, 0.1) is 0 Å². The normalized spacial score (nSPS) is 15.6. The molecule has 2 rings (SSSR count). The third-order valence-corrected chi connectivity index (χ3v) is 4.34. The molecule has 0 saturated carbocycles. The lowest BCUT2D eigenvalue weighted by atomic mass is 9.97. The molecule has 0 aliphatic heterocycles. The summed E-state index contributed by atoms with van der Waals surface area (Å²) in [6.45, 7) is 1.92. The van der Waals surface area contributed by atoms with Crippen molar-refractivity contribution in [2.75, 3.05) is 6.54 Å². The van der Waals surface area contributed by atoms with Crippen molar-refractivity contribution in [2.24, 2.45) is 0 Å². The van der Waals surface area contributed by atoms with Gasteiger partial charge >= 0.3 is 0 Å². The van der Waals surface area contributed by atoms with Crippen molar-refractivity contribution in [3.63, 3.8) is 0 Å². The van der Waals surface area contributed by atoms with Crippen LogP contribution >= 0.6 is 27.5 Å². The van der Waals surface area contributed by atoms with Crippen LogP contribution in [0.1, 0.15) is 37.7 Å². The highest BCUT2D eigenvalue weighted by atomic mass is 79.9. The molecule has 0 saturated heterocycles. The average molecular weight is 329 g/mol. The Balaban J connectivity index is 1.74. The van der Waals surface area contributed by atoms with Gasteiger partial charge in [0.15, 0.2) is 0 Å².